The minimum absolute atomic E-state index is 0.0994. The van der Waals surface area contributed by atoms with Crippen molar-refractivity contribution in [2.24, 2.45) is 0 Å². The summed E-state index contributed by atoms with van der Waals surface area (Å²) in [5.74, 6) is -0.148. The van der Waals surface area contributed by atoms with E-state index in [-0.39, 0.29) is 11.9 Å². The zero-order valence-electron chi connectivity index (χ0n) is 9.20. The van der Waals surface area contributed by atoms with Crippen LogP contribution in [0.25, 0.3) is 10.1 Å². The van der Waals surface area contributed by atoms with Gasteiger partial charge < -0.3 is 10.1 Å². The van der Waals surface area contributed by atoms with Crippen LogP contribution in [0.1, 0.15) is 9.67 Å². The van der Waals surface area contributed by atoms with Crippen molar-refractivity contribution in [2.45, 2.75) is 6.04 Å². The second kappa shape index (κ2) is 4.70. The Morgan fingerprint density at radius 1 is 1.39 bits per heavy atom. The Kier molecular flexibility index (Phi) is 3.20. The average Bonchev–Trinajstić information content (AvgIpc) is 2.60. The molecule has 1 saturated heterocycles. The fourth-order valence-corrected chi connectivity index (χ4v) is 3.45. The van der Waals surface area contributed by atoms with Crippen LogP contribution in [0.2, 0.25) is 10.0 Å². The van der Waals surface area contributed by atoms with E-state index in [4.69, 9.17) is 27.9 Å². The van der Waals surface area contributed by atoms with Crippen molar-refractivity contribution in [3.05, 3.63) is 33.1 Å². The van der Waals surface area contributed by atoms with Gasteiger partial charge in [0.15, 0.2) is 0 Å². The normalized spacial score (nSPS) is 15.7. The molecule has 1 aliphatic rings. The van der Waals surface area contributed by atoms with E-state index in [9.17, 15) is 4.79 Å². The van der Waals surface area contributed by atoms with Crippen LogP contribution in [0, 0.1) is 0 Å². The quantitative estimate of drug-likeness (QED) is 0.924. The fraction of sp³-hybridized carbons (Fsp3) is 0.250. The van der Waals surface area contributed by atoms with Crippen LogP contribution in [0.15, 0.2) is 18.2 Å². The molecule has 0 atom stereocenters. The smallest absolute Gasteiger partial charge is 0.263 e. The third kappa shape index (κ3) is 2.10. The number of thiophene rings is 1. The summed E-state index contributed by atoms with van der Waals surface area (Å²) in [6, 6.07) is 5.52. The first-order valence-corrected chi connectivity index (χ1v) is 6.98. The van der Waals surface area contributed by atoms with Crippen molar-refractivity contribution in [1.82, 2.24) is 5.32 Å². The van der Waals surface area contributed by atoms with Crippen molar-refractivity contribution >= 4 is 50.5 Å². The lowest BCUT2D eigenvalue weighted by atomic mass is 10.2. The molecule has 1 aromatic heterocycles. The van der Waals surface area contributed by atoms with Gasteiger partial charge in [0.2, 0.25) is 0 Å². The zero-order valence-corrected chi connectivity index (χ0v) is 11.5. The van der Waals surface area contributed by atoms with Gasteiger partial charge in [0.05, 0.1) is 24.3 Å². The van der Waals surface area contributed by atoms with E-state index in [0.717, 1.165) is 10.1 Å². The molecular weight excluding hydrogens is 293 g/mol. The predicted molar refractivity (Wildman–Crippen MR) is 73.9 cm³/mol. The number of benzene rings is 1. The molecule has 1 aromatic carbocycles. The molecule has 6 heteroatoms. The first kappa shape index (κ1) is 12.2. The summed E-state index contributed by atoms with van der Waals surface area (Å²) in [5, 5.41) is 4.87. The molecule has 1 amide bonds. The standard InChI is InChI=1S/C12H9Cl2NO2S/c13-6-1-2-8-9(3-6)18-11(10(8)14)12(16)15-7-4-17-5-7/h1-3,7H,4-5H2,(H,15,16). The number of hydrogen-bond donors (Lipinski definition) is 1. The Labute approximate surface area is 118 Å². The first-order valence-electron chi connectivity index (χ1n) is 5.41. The maximum atomic E-state index is 12.0. The topological polar surface area (TPSA) is 38.3 Å². The van der Waals surface area contributed by atoms with Gasteiger partial charge in [-0.15, -0.1) is 11.3 Å². The lowest BCUT2D eigenvalue weighted by Gasteiger charge is -2.26. The van der Waals surface area contributed by atoms with E-state index in [1.807, 2.05) is 12.1 Å². The molecule has 0 bridgehead atoms. The maximum absolute atomic E-state index is 12.0. The number of halogens is 2. The van der Waals surface area contributed by atoms with Crippen molar-refractivity contribution in [1.29, 1.82) is 0 Å². The van der Waals surface area contributed by atoms with E-state index in [1.54, 1.807) is 6.07 Å². The monoisotopic (exact) mass is 301 g/mol. The molecule has 1 aliphatic heterocycles. The Morgan fingerprint density at radius 2 is 2.17 bits per heavy atom. The third-order valence-electron chi connectivity index (χ3n) is 2.77. The summed E-state index contributed by atoms with van der Waals surface area (Å²) in [6.07, 6.45) is 0. The van der Waals surface area contributed by atoms with E-state index >= 15 is 0 Å². The second-order valence-electron chi connectivity index (χ2n) is 4.09. The molecule has 94 valence electrons. The highest BCUT2D eigenvalue weighted by molar-refractivity contribution is 7.21. The van der Waals surface area contributed by atoms with Gasteiger partial charge in [-0.1, -0.05) is 29.3 Å². The number of rotatable bonds is 2. The van der Waals surface area contributed by atoms with Crippen molar-refractivity contribution < 1.29 is 9.53 Å². The molecule has 3 rings (SSSR count). The predicted octanol–water partition coefficient (Wildman–Crippen LogP) is 3.34. The van der Waals surface area contributed by atoms with Crippen molar-refractivity contribution in [3.63, 3.8) is 0 Å². The number of ether oxygens (including phenoxy) is 1. The molecule has 0 spiro atoms. The summed E-state index contributed by atoms with van der Waals surface area (Å²) in [7, 11) is 0. The van der Waals surface area contributed by atoms with Crippen LogP contribution in [0.3, 0.4) is 0 Å². The van der Waals surface area contributed by atoms with E-state index < -0.39 is 0 Å². The van der Waals surface area contributed by atoms with Crippen molar-refractivity contribution in [2.75, 3.05) is 13.2 Å². The van der Waals surface area contributed by atoms with Crippen LogP contribution in [-0.4, -0.2) is 25.2 Å². The SMILES string of the molecule is O=C(NC1COC1)c1sc2cc(Cl)ccc2c1Cl. The van der Waals surface area contributed by atoms with E-state index in [0.29, 0.717) is 28.1 Å². The zero-order chi connectivity index (χ0) is 12.7. The molecule has 0 saturated carbocycles. The maximum Gasteiger partial charge on any atom is 0.263 e. The van der Waals surface area contributed by atoms with Gasteiger partial charge in [0.1, 0.15) is 4.88 Å². The number of carbonyl (C=O) groups excluding carboxylic acids is 1. The van der Waals surface area contributed by atoms with Gasteiger partial charge in [-0.2, -0.15) is 0 Å². The lowest BCUT2D eigenvalue weighted by Crippen LogP contribution is -2.48. The minimum atomic E-state index is -0.148. The highest BCUT2D eigenvalue weighted by atomic mass is 35.5. The minimum Gasteiger partial charge on any atom is -0.377 e. The number of carbonyl (C=O) groups is 1. The summed E-state index contributed by atoms with van der Waals surface area (Å²) >= 11 is 13.5. The van der Waals surface area contributed by atoms with E-state index in [2.05, 4.69) is 5.32 Å². The van der Waals surface area contributed by atoms with Gasteiger partial charge in [0, 0.05) is 15.1 Å². The summed E-state index contributed by atoms with van der Waals surface area (Å²) in [6.45, 7) is 1.14. The number of fused-ring (bicyclic) bond motifs is 1. The molecule has 2 aromatic rings. The van der Waals surface area contributed by atoms with Gasteiger partial charge in [-0.05, 0) is 12.1 Å². The fourth-order valence-electron chi connectivity index (χ4n) is 1.76. The van der Waals surface area contributed by atoms with Gasteiger partial charge >= 0.3 is 0 Å². The molecule has 18 heavy (non-hydrogen) atoms. The van der Waals surface area contributed by atoms with Gasteiger partial charge in [-0.3, -0.25) is 4.79 Å². The van der Waals surface area contributed by atoms with Crippen molar-refractivity contribution in [3.8, 4) is 0 Å². The number of hydrogen-bond acceptors (Lipinski definition) is 3. The second-order valence-corrected chi connectivity index (χ2v) is 5.96. The van der Waals surface area contributed by atoms with Crippen LogP contribution in [-0.2, 0) is 4.74 Å². The highest BCUT2D eigenvalue weighted by Gasteiger charge is 2.24. The molecule has 0 unspecified atom stereocenters. The number of amides is 1. The highest BCUT2D eigenvalue weighted by Crippen LogP contribution is 2.36. The Balaban J connectivity index is 1.95. The number of nitrogens with one attached hydrogen (secondary N) is 1. The van der Waals surface area contributed by atoms with Crippen LogP contribution in [0.5, 0.6) is 0 Å². The van der Waals surface area contributed by atoms with E-state index in [1.165, 1.54) is 11.3 Å². The van der Waals surface area contributed by atoms with Crippen LogP contribution < -0.4 is 5.32 Å². The lowest BCUT2D eigenvalue weighted by molar-refractivity contribution is -0.00338. The largest absolute Gasteiger partial charge is 0.377 e. The third-order valence-corrected chi connectivity index (χ3v) is 4.66. The molecule has 3 nitrogen and oxygen atoms in total. The first-order chi connectivity index (χ1) is 8.65. The molecule has 0 radical (unpaired) electrons. The summed E-state index contributed by atoms with van der Waals surface area (Å²) in [5.41, 5.74) is 0. The van der Waals surface area contributed by atoms with Gasteiger partial charge in [-0.25, -0.2) is 0 Å². The van der Waals surface area contributed by atoms with Crippen LogP contribution in [0.4, 0.5) is 0 Å². The molecule has 2 heterocycles. The molecule has 1 fully saturated rings. The Morgan fingerprint density at radius 3 is 2.83 bits per heavy atom. The molecular formula is C12H9Cl2NO2S. The molecule has 1 N–H and O–H groups in total. The summed E-state index contributed by atoms with van der Waals surface area (Å²) < 4.78 is 5.93. The summed E-state index contributed by atoms with van der Waals surface area (Å²) in [4.78, 5) is 12.6. The molecule has 0 aliphatic carbocycles. The average molecular weight is 302 g/mol. The Bertz CT molecular complexity index is 622. The van der Waals surface area contributed by atoms with Crippen LogP contribution >= 0.6 is 34.5 Å². The Hall–Kier alpha value is -0.810. The van der Waals surface area contributed by atoms with Gasteiger partial charge in [0.25, 0.3) is 5.91 Å².